The number of morpholine rings is 1. The van der Waals surface area contributed by atoms with E-state index < -0.39 is 11.8 Å². The van der Waals surface area contributed by atoms with E-state index in [1.165, 1.54) is 10.1 Å². The van der Waals surface area contributed by atoms with Crippen molar-refractivity contribution in [2.24, 2.45) is 0 Å². The number of aromatic nitrogens is 1. The number of carbonyl (C=O) groups excluding carboxylic acids is 1. The van der Waals surface area contributed by atoms with Crippen LogP contribution < -0.4 is 11.1 Å². The molecule has 164 valence electrons. The molecule has 7 nitrogen and oxygen atoms in total. The highest BCUT2D eigenvalue weighted by Crippen LogP contribution is 2.19. The third-order valence-electron chi connectivity index (χ3n) is 5.75. The molecule has 1 aliphatic heterocycles. The van der Waals surface area contributed by atoms with Crippen LogP contribution in [0.25, 0.3) is 11.1 Å². The summed E-state index contributed by atoms with van der Waals surface area (Å²) in [6.07, 6.45) is 0.416. The van der Waals surface area contributed by atoms with Gasteiger partial charge in [-0.1, -0.05) is 36.4 Å². The van der Waals surface area contributed by atoms with Gasteiger partial charge in [0.2, 0.25) is 5.91 Å². The Morgan fingerprint density at radius 1 is 1.06 bits per heavy atom. The molecule has 1 aromatic heterocycles. The molecule has 1 amide bonds. The number of nitrogens with one attached hydrogen (secondary N) is 1. The van der Waals surface area contributed by atoms with Gasteiger partial charge in [-0.05, 0) is 44.0 Å². The quantitative estimate of drug-likeness (QED) is 0.659. The van der Waals surface area contributed by atoms with Crippen molar-refractivity contribution >= 4 is 17.0 Å². The number of oxazole rings is 1. The SMILES string of the molecule is CC1CN(Cc2ccccc2CNC(=O)C(C)n2c(=O)oc3ccccc32)CC(C)O1. The van der Waals surface area contributed by atoms with E-state index >= 15 is 0 Å². The lowest BCUT2D eigenvalue weighted by Gasteiger charge is -2.35. The number of fused-ring (bicyclic) bond motifs is 1. The first-order valence-electron chi connectivity index (χ1n) is 10.7. The number of nitrogens with zero attached hydrogens (tertiary/aromatic N) is 2. The molecular weight excluding hydrogens is 394 g/mol. The molecule has 1 saturated heterocycles. The van der Waals surface area contributed by atoms with Crippen molar-refractivity contribution < 1.29 is 13.9 Å². The van der Waals surface area contributed by atoms with E-state index in [2.05, 4.69) is 30.1 Å². The largest absolute Gasteiger partial charge is 0.420 e. The van der Waals surface area contributed by atoms with Gasteiger partial charge in [-0.25, -0.2) is 4.79 Å². The van der Waals surface area contributed by atoms with Crippen LogP contribution in [0.5, 0.6) is 0 Å². The highest BCUT2D eigenvalue weighted by Gasteiger charge is 2.24. The normalized spacial score (nSPS) is 20.6. The topological polar surface area (TPSA) is 76.7 Å². The van der Waals surface area contributed by atoms with Gasteiger partial charge < -0.3 is 14.5 Å². The fraction of sp³-hybridized carbons (Fsp3) is 0.417. The van der Waals surface area contributed by atoms with Crippen LogP contribution in [0.1, 0.15) is 37.9 Å². The van der Waals surface area contributed by atoms with Crippen LogP contribution >= 0.6 is 0 Å². The molecule has 0 radical (unpaired) electrons. The Bertz CT molecular complexity index is 1110. The molecular formula is C24H29N3O4. The molecule has 0 spiro atoms. The molecule has 2 aromatic carbocycles. The smallest absolute Gasteiger partial charge is 0.408 e. The predicted octanol–water partition coefficient (Wildman–Crippen LogP) is 3.08. The molecule has 1 N–H and O–H groups in total. The number of hydrogen-bond donors (Lipinski definition) is 1. The molecule has 2 heterocycles. The van der Waals surface area contributed by atoms with Crippen LogP contribution in [0.3, 0.4) is 0 Å². The van der Waals surface area contributed by atoms with Crippen LogP contribution in [0, 0.1) is 0 Å². The first-order chi connectivity index (χ1) is 14.9. The van der Waals surface area contributed by atoms with Crippen LogP contribution in [0.15, 0.2) is 57.7 Å². The van der Waals surface area contributed by atoms with Gasteiger partial charge in [-0.15, -0.1) is 0 Å². The maximum absolute atomic E-state index is 12.9. The van der Waals surface area contributed by atoms with E-state index in [1.807, 2.05) is 24.3 Å². The van der Waals surface area contributed by atoms with E-state index in [0.29, 0.717) is 17.6 Å². The summed E-state index contributed by atoms with van der Waals surface area (Å²) in [5, 5.41) is 2.99. The minimum atomic E-state index is -0.677. The standard InChI is InChI=1S/C24H29N3O4/c1-16-13-26(14-17(2)30-16)15-20-9-5-4-8-19(20)12-25-23(28)18(3)27-21-10-6-7-11-22(21)31-24(27)29/h4-11,16-18H,12-15H2,1-3H3,(H,25,28). The van der Waals surface area contributed by atoms with Gasteiger partial charge in [-0.2, -0.15) is 0 Å². The second-order valence-corrected chi connectivity index (χ2v) is 8.32. The van der Waals surface area contributed by atoms with Gasteiger partial charge in [-0.3, -0.25) is 14.3 Å². The number of ether oxygens (including phenoxy) is 1. The van der Waals surface area contributed by atoms with E-state index in [1.54, 1.807) is 25.1 Å². The van der Waals surface area contributed by atoms with Gasteiger partial charge in [0.05, 0.1) is 17.7 Å². The maximum Gasteiger partial charge on any atom is 0.420 e. The molecule has 3 unspecified atom stereocenters. The summed E-state index contributed by atoms with van der Waals surface area (Å²) < 4.78 is 12.5. The zero-order valence-electron chi connectivity index (χ0n) is 18.2. The van der Waals surface area contributed by atoms with Crippen molar-refractivity contribution in [3.63, 3.8) is 0 Å². The summed E-state index contributed by atoms with van der Waals surface area (Å²) in [5.41, 5.74) is 3.35. The van der Waals surface area contributed by atoms with Gasteiger partial charge in [0.15, 0.2) is 5.58 Å². The van der Waals surface area contributed by atoms with E-state index in [-0.39, 0.29) is 18.1 Å². The van der Waals surface area contributed by atoms with Crippen LogP contribution in [-0.2, 0) is 22.6 Å². The summed E-state index contributed by atoms with van der Waals surface area (Å²) >= 11 is 0. The Labute approximate surface area is 181 Å². The second kappa shape index (κ2) is 9.08. The molecule has 3 aromatic rings. The molecule has 1 fully saturated rings. The van der Waals surface area contributed by atoms with Crippen LogP contribution in [0.2, 0.25) is 0 Å². The monoisotopic (exact) mass is 423 g/mol. The number of amides is 1. The summed E-state index contributed by atoms with van der Waals surface area (Å²) in [4.78, 5) is 27.5. The Balaban J connectivity index is 1.45. The first-order valence-corrected chi connectivity index (χ1v) is 10.7. The van der Waals surface area contributed by atoms with Crippen LogP contribution in [0.4, 0.5) is 0 Å². The molecule has 0 saturated carbocycles. The summed E-state index contributed by atoms with van der Waals surface area (Å²) in [5.74, 6) is -0.753. The third-order valence-corrected chi connectivity index (χ3v) is 5.75. The maximum atomic E-state index is 12.9. The summed E-state index contributed by atoms with van der Waals surface area (Å²) in [6, 6.07) is 14.6. The van der Waals surface area contributed by atoms with Crippen LogP contribution in [-0.4, -0.2) is 40.7 Å². The van der Waals surface area contributed by atoms with Crippen molar-refractivity contribution in [3.8, 4) is 0 Å². The van der Waals surface area contributed by atoms with Gasteiger partial charge >= 0.3 is 5.76 Å². The zero-order chi connectivity index (χ0) is 22.0. The molecule has 31 heavy (non-hydrogen) atoms. The predicted molar refractivity (Wildman–Crippen MR) is 119 cm³/mol. The number of benzene rings is 2. The fourth-order valence-electron chi connectivity index (χ4n) is 4.34. The van der Waals surface area contributed by atoms with E-state index in [0.717, 1.165) is 25.2 Å². The minimum absolute atomic E-state index is 0.208. The van der Waals surface area contributed by atoms with E-state index in [9.17, 15) is 9.59 Å². The van der Waals surface area contributed by atoms with Crippen molar-refractivity contribution in [2.75, 3.05) is 13.1 Å². The summed E-state index contributed by atoms with van der Waals surface area (Å²) in [7, 11) is 0. The highest BCUT2D eigenvalue weighted by atomic mass is 16.5. The highest BCUT2D eigenvalue weighted by molar-refractivity contribution is 5.82. The molecule has 0 bridgehead atoms. The number of carbonyl (C=O) groups is 1. The van der Waals surface area contributed by atoms with Crippen molar-refractivity contribution in [1.82, 2.24) is 14.8 Å². The second-order valence-electron chi connectivity index (χ2n) is 8.32. The van der Waals surface area contributed by atoms with E-state index in [4.69, 9.17) is 9.15 Å². The summed E-state index contributed by atoms with van der Waals surface area (Å²) in [6.45, 7) is 8.89. The lowest BCUT2D eigenvalue weighted by atomic mass is 10.1. The van der Waals surface area contributed by atoms with Crippen molar-refractivity contribution in [3.05, 3.63) is 70.2 Å². The number of rotatable bonds is 6. The zero-order valence-corrected chi connectivity index (χ0v) is 18.2. The molecule has 1 aliphatic rings. The molecule has 0 aliphatic carbocycles. The molecule has 4 rings (SSSR count). The Morgan fingerprint density at radius 2 is 1.71 bits per heavy atom. The Hall–Kier alpha value is -2.90. The lowest BCUT2D eigenvalue weighted by Crippen LogP contribution is -2.45. The number of hydrogen-bond acceptors (Lipinski definition) is 5. The third kappa shape index (κ3) is 4.73. The van der Waals surface area contributed by atoms with Gasteiger partial charge in [0.25, 0.3) is 0 Å². The Morgan fingerprint density at radius 3 is 2.45 bits per heavy atom. The molecule has 7 heteroatoms. The Kier molecular flexibility index (Phi) is 6.25. The average Bonchev–Trinajstić information content (AvgIpc) is 3.07. The fourth-order valence-corrected chi connectivity index (χ4v) is 4.34. The lowest BCUT2D eigenvalue weighted by molar-refractivity contribution is -0.124. The first kappa shape index (κ1) is 21.3. The van der Waals surface area contributed by atoms with Gasteiger partial charge in [0.1, 0.15) is 6.04 Å². The average molecular weight is 424 g/mol. The minimum Gasteiger partial charge on any atom is -0.408 e. The molecule has 3 atom stereocenters. The van der Waals surface area contributed by atoms with Crippen molar-refractivity contribution in [1.29, 1.82) is 0 Å². The van der Waals surface area contributed by atoms with Gasteiger partial charge in [0, 0.05) is 26.2 Å². The number of para-hydroxylation sites is 2. The van der Waals surface area contributed by atoms with Crippen molar-refractivity contribution in [2.45, 2.75) is 52.1 Å².